The zero-order valence-corrected chi connectivity index (χ0v) is 23.4. The summed E-state index contributed by atoms with van der Waals surface area (Å²) >= 11 is 6.06. The first-order chi connectivity index (χ1) is 17.9. The van der Waals surface area contributed by atoms with E-state index in [1.54, 1.807) is 0 Å². The molecule has 3 aliphatic rings. The second kappa shape index (κ2) is 10.9. The summed E-state index contributed by atoms with van der Waals surface area (Å²) in [6.07, 6.45) is 6.50. The van der Waals surface area contributed by atoms with E-state index in [9.17, 15) is 0 Å². The summed E-state index contributed by atoms with van der Waals surface area (Å²) < 4.78 is 0. The number of para-hydroxylation sites is 2. The third-order valence-corrected chi connectivity index (χ3v) is 8.67. The van der Waals surface area contributed by atoms with Crippen LogP contribution in [0.4, 0.5) is 5.69 Å². The van der Waals surface area contributed by atoms with Crippen LogP contribution < -0.4 is 10.6 Å². The van der Waals surface area contributed by atoms with Crippen molar-refractivity contribution < 1.29 is 0 Å². The number of nitrogens with zero attached hydrogens (tertiary/aromatic N) is 2. The van der Waals surface area contributed by atoms with Gasteiger partial charge in [-0.15, -0.1) is 6.58 Å². The second-order valence-electron chi connectivity index (χ2n) is 11.4. The van der Waals surface area contributed by atoms with Crippen LogP contribution >= 0.6 is 12.2 Å². The standard InChI is InChI=1S/C32H40N4S/c1-6-22-19-36-17-15-23(22)18-29(36)31(27-14-16-33-28-13-8-7-10-26(27)28)35-32(37)34-30-24(20(2)3)11-9-12-25(30)21(4)5/h6-14,16,20-23,29,31H,1,15,17-19H2,2-5H3,(H2,34,35,37)/t22-,23-,29+,31+/m0/s1. The van der Waals surface area contributed by atoms with Gasteiger partial charge in [-0.1, -0.05) is 70.2 Å². The largest absolute Gasteiger partial charge is 0.354 e. The second-order valence-corrected chi connectivity index (χ2v) is 11.8. The van der Waals surface area contributed by atoms with Crippen molar-refractivity contribution in [3.63, 3.8) is 0 Å². The molecule has 2 bridgehead atoms. The molecule has 0 spiro atoms. The molecule has 5 heteroatoms. The minimum atomic E-state index is 0.0650. The van der Waals surface area contributed by atoms with Crippen molar-refractivity contribution in [3.8, 4) is 0 Å². The molecule has 4 heterocycles. The number of nitrogens with one attached hydrogen (secondary N) is 2. The van der Waals surface area contributed by atoms with Crippen LogP contribution in [0.1, 0.15) is 75.1 Å². The quantitative estimate of drug-likeness (QED) is 0.255. The number of anilines is 1. The number of thiocarbonyl (C=S) groups is 1. The van der Waals surface area contributed by atoms with Crippen LogP contribution in [-0.4, -0.2) is 34.1 Å². The first-order valence-electron chi connectivity index (χ1n) is 13.8. The monoisotopic (exact) mass is 512 g/mol. The molecule has 194 valence electrons. The van der Waals surface area contributed by atoms with Crippen molar-refractivity contribution >= 4 is 33.9 Å². The van der Waals surface area contributed by atoms with Crippen LogP contribution in [0, 0.1) is 11.8 Å². The number of rotatable bonds is 7. The summed E-state index contributed by atoms with van der Waals surface area (Å²) in [4.78, 5) is 7.30. The minimum Gasteiger partial charge on any atom is -0.354 e. The topological polar surface area (TPSA) is 40.2 Å². The first-order valence-corrected chi connectivity index (χ1v) is 14.2. The Hall–Kier alpha value is -2.76. The Morgan fingerprint density at radius 1 is 1.03 bits per heavy atom. The highest BCUT2D eigenvalue weighted by Gasteiger charge is 2.43. The average Bonchev–Trinajstić information content (AvgIpc) is 2.91. The Morgan fingerprint density at radius 3 is 2.41 bits per heavy atom. The van der Waals surface area contributed by atoms with Gasteiger partial charge in [0.1, 0.15) is 0 Å². The molecule has 0 radical (unpaired) electrons. The molecule has 4 nitrogen and oxygen atoms in total. The van der Waals surface area contributed by atoms with Gasteiger partial charge in [-0.3, -0.25) is 9.88 Å². The molecule has 37 heavy (non-hydrogen) atoms. The number of fused-ring (bicyclic) bond motifs is 4. The van der Waals surface area contributed by atoms with Gasteiger partial charge in [-0.2, -0.15) is 0 Å². The lowest BCUT2D eigenvalue weighted by molar-refractivity contribution is 0.00443. The molecule has 5 atom stereocenters. The molecule has 1 unspecified atom stereocenters. The molecule has 0 saturated carbocycles. The molecular formula is C32H40N4S. The van der Waals surface area contributed by atoms with Crippen molar-refractivity contribution in [2.45, 2.75) is 64.5 Å². The maximum Gasteiger partial charge on any atom is 0.171 e. The van der Waals surface area contributed by atoms with E-state index in [0.717, 1.165) is 30.7 Å². The molecule has 6 rings (SSSR count). The highest BCUT2D eigenvalue weighted by molar-refractivity contribution is 7.80. The van der Waals surface area contributed by atoms with E-state index in [-0.39, 0.29) is 6.04 Å². The van der Waals surface area contributed by atoms with Crippen LogP contribution in [0.25, 0.3) is 10.9 Å². The SMILES string of the molecule is C=C[C@H]1CN2CC[C@H]1C[C@@H]2[C@H](NC(=S)Nc1c(C(C)C)cccc1C(C)C)c1ccnc2ccccc12. The van der Waals surface area contributed by atoms with Crippen LogP contribution in [0.5, 0.6) is 0 Å². The van der Waals surface area contributed by atoms with E-state index in [1.807, 2.05) is 6.20 Å². The summed E-state index contributed by atoms with van der Waals surface area (Å²) in [5.74, 6) is 2.07. The van der Waals surface area contributed by atoms with Gasteiger partial charge in [-0.25, -0.2) is 0 Å². The van der Waals surface area contributed by atoms with Gasteiger partial charge in [-0.05, 0) is 84.1 Å². The van der Waals surface area contributed by atoms with Crippen LogP contribution in [0.15, 0.2) is 67.4 Å². The fourth-order valence-corrected chi connectivity index (χ4v) is 6.71. The predicted octanol–water partition coefficient (Wildman–Crippen LogP) is 7.41. The van der Waals surface area contributed by atoms with E-state index < -0.39 is 0 Å². The number of pyridine rings is 1. The molecule has 1 aromatic heterocycles. The Morgan fingerprint density at radius 2 is 1.76 bits per heavy atom. The normalized spacial score (nSPS) is 23.8. The molecular weight excluding hydrogens is 472 g/mol. The zero-order chi connectivity index (χ0) is 26.1. The van der Waals surface area contributed by atoms with Gasteiger partial charge in [0.2, 0.25) is 0 Å². The Labute approximate surface area is 227 Å². The van der Waals surface area contributed by atoms with Gasteiger partial charge in [0, 0.05) is 29.9 Å². The highest BCUT2D eigenvalue weighted by Crippen LogP contribution is 2.42. The molecule has 3 fully saturated rings. The molecule has 0 amide bonds. The highest BCUT2D eigenvalue weighted by atomic mass is 32.1. The smallest absolute Gasteiger partial charge is 0.171 e. The van der Waals surface area contributed by atoms with Gasteiger partial charge < -0.3 is 10.6 Å². The summed E-state index contributed by atoms with van der Waals surface area (Å²) in [6, 6.07) is 17.7. The molecule has 0 aliphatic carbocycles. The maximum absolute atomic E-state index is 6.06. The van der Waals surface area contributed by atoms with Gasteiger partial charge in [0.05, 0.1) is 11.6 Å². The third-order valence-electron chi connectivity index (χ3n) is 8.45. The first kappa shape index (κ1) is 25.9. The number of hydrogen-bond donors (Lipinski definition) is 2. The van der Waals surface area contributed by atoms with Gasteiger partial charge in [0.25, 0.3) is 0 Å². The summed E-state index contributed by atoms with van der Waals surface area (Å²) in [5.41, 5.74) is 6.05. The summed E-state index contributed by atoms with van der Waals surface area (Å²) in [5, 5.41) is 9.36. The van der Waals surface area contributed by atoms with E-state index >= 15 is 0 Å². The van der Waals surface area contributed by atoms with Gasteiger partial charge >= 0.3 is 0 Å². The van der Waals surface area contributed by atoms with E-state index in [1.165, 1.54) is 28.5 Å². The average molecular weight is 513 g/mol. The lowest BCUT2D eigenvalue weighted by Crippen LogP contribution is -2.57. The minimum absolute atomic E-state index is 0.0650. The predicted molar refractivity (Wildman–Crippen MR) is 160 cm³/mol. The third kappa shape index (κ3) is 5.17. The number of piperidine rings is 3. The molecule has 2 aromatic carbocycles. The molecule has 3 saturated heterocycles. The summed E-state index contributed by atoms with van der Waals surface area (Å²) in [6.45, 7) is 15.3. The van der Waals surface area contributed by atoms with E-state index in [0.29, 0.717) is 34.8 Å². The van der Waals surface area contributed by atoms with Crippen LogP contribution in [0.3, 0.4) is 0 Å². The van der Waals surface area contributed by atoms with E-state index in [2.05, 4.69) is 109 Å². The molecule has 2 N–H and O–H groups in total. The van der Waals surface area contributed by atoms with Gasteiger partial charge in [0.15, 0.2) is 5.11 Å². The molecule has 3 aliphatic heterocycles. The lowest BCUT2D eigenvalue weighted by atomic mass is 9.73. The van der Waals surface area contributed by atoms with Crippen LogP contribution in [-0.2, 0) is 0 Å². The van der Waals surface area contributed by atoms with Crippen LogP contribution in [0.2, 0.25) is 0 Å². The van der Waals surface area contributed by atoms with Crippen molar-refractivity contribution in [1.82, 2.24) is 15.2 Å². The Balaban J connectivity index is 1.51. The Kier molecular flexibility index (Phi) is 7.64. The zero-order valence-electron chi connectivity index (χ0n) is 22.6. The fourth-order valence-electron chi connectivity index (χ4n) is 6.48. The molecule has 3 aromatic rings. The maximum atomic E-state index is 6.06. The summed E-state index contributed by atoms with van der Waals surface area (Å²) in [7, 11) is 0. The number of hydrogen-bond acceptors (Lipinski definition) is 3. The number of benzene rings is 2. The number of aromatic nitrogens is 1. The van der Waals surface area contributed by atoms with Crippen molar-refractivity contribution in [2.24, 2.45) is 11.8 Å². The Bertz CT molecular complexity index is 1250. The lowest BCUT2D eigenvalue weighted by Gasteiger charge is -2.52. The van der Waals surface area contributed by atoms with Crippen molar-refractivity contribution in [1.29, 1.82) is 0 Å². The van der Waals surface area contributed by atoms with E-state index in [4.69, 9.17) is 12.2 Å². The fraction of sp³-hybridized carbons (Fsp3) is 0.438. The van der Waals surface area contributed by atoms with Crippen molar-refractivity contribution in [2.75, 3.05) is 18.4 Å². The van der Waals surface area contributed by atoms with Crippen molar-refractivity contribution in [3.05, 3.63) is 84.1 Å².